The molecule has 0 aromatic heterocycles. The maximum Gasteiger partial charge on any atom is 0.335 e. The van der Waals surface area contributed by atoms with E-state index in [9.17, 15) is 4.79 Å². The zero-order valence-electron chi connectivity index (χ0n) is 8.41. The molecule has 4 heteroatoms. The van der Waals surface area contributed by atoms with Gasteiger partial charge in [0.15, 0.2) is 0 Å². The van der Waals surface area contributed by atoms with E-state index in [4.69, 9.17) is 8.85 Å². The summed E-state index contributed by atoms with van der Waals surface area (Å²) < 4.78 is 10.9. The molecule has 0 spiro atoms. The average Bonchev–Trinajstić information content (AvgIpc) is 2.15. The molecule has 3 nitrogen and oxygen atoms in total. The Morgan fingerprint density at radius 3 is 2.62 bits per heavy atom. The monoisotopic (exact) mass is 202 g/mol. The highest BCUT2D eigenvalue weighted by molar-refractivity contribution is 6.66. The lowest BCUT2D eigenvalue weighted by atomic mass is 10.5. The largest absolute Gasteiger partial charge is 0.398 e. The second-order valence-electron chi connectivity index (χ2n) is 2.97. The van der Waals surface area contributed by atoms with E-state index >= 15 is 0 Å². The molecule has 13 heavy (non-hydrogen) atoms. The van der Waals surface area contributed by atoms with Crippen LogP contribution >= 0.6 is 0 Å². The van der Waals surface area contributed by atoms with Crippen LogP contribution in [0.2, 0.25) is 12.6 Å². The Morgan fingerprint density at radius 1 is 1.46 bits per heavy atom. The van der Waals surface area contributed by atoms with Crippen molar-refractivity contribution in [3.63, 3.8) is 0 Å². The van der Waals surface area contributed by atoms with Gasteiger partial charge in [0.05, 0.1) is 0 Å². The van der Waals surface area contributed by atoms with E-state index in [2.05, 4.69) is 6.58 Å². The van der Waals surface area contributed by atoms with Crippen molar-refractivity contribution in [3.05, 3.63) is 12.7 Å². The van der Waals surface area contributed by atoms with Gasteiger partial charge in [0.2, 0.25) is 0 Å². The molecule has 0 saturated heterocycles. The van der Waals surface area contributed by atoms with E-state index in [1.165, 1.54) is 0 Å². The summed E-state index contributed by atoms with van der Waals surface area (Å²) in [6.07, 6.45) is 4.06. The van der Waals surface area contributed by atoms with Crippen molar-refractivity contribution in [2.45, 2.75) is 25.4 Å². The van der Waals surface area contributed by atoms with Gasteiger partial charge in [-0.15, -0.1) is 6.58 Å². The van der Waals surface area contributed by atoms with Crippen LogP contribution in [0.1, 0.15) is 12.8 Å². The first-order valence-electron chi connectivity index (χ1n) is 4.42. The molecule has 0 amide bonds. The highest BCUT2D eigenvalue weighted by Crippen LogP contribution is 2.14. The molecule has 0 radical (unpaired) electrons. The number of carbonyl (C=O) groups excluding carboxylic acids is 1. The summed E-state index contributed by atoms with van der Waals surface area (Å²) in [6.45, 7) is 6.22. The first-order valence-corrected chi connectivity index (χ1v) is 6.94. The summed E-state index contributed by atoms with van der Waals surface area (Å²) in [5.41, 5.74) is 0. The molecule has 0 rings (SSSR count). The summed E-state index contributed by atoms with van der Waals surface area (Å²) in [4.78, 5) is 10.2. The van der Waals surface area contributed by atoms with Crippen LogP contribution in [0.25, 0.3) is 0 Å². The topological polar surface area (TPSA) is 35.5 Å². The standard InChI is InChI=1S/C9H18O3Si/c1-4-5-8-12-13(3,11-2)9-6-7-10/h4,7H,1,5-6,8-9H2,2-3H3. The average molecular weight is 202 g/mol. The highest BCUT2D eigenvalue weighted by atomic mass is 28.4. The molecular formula is C9H18O3Si. The van der Waals surface area contributed by atoms with Gasteiger partial charge in [-0.1, -0.05) is 6.08 Å². The van der Waals surface area contributed by atoms with Crippen LogP contribution in [0.15, 0.2) is 12.7 Å². The number of rotatable bonds is 8. The number of carbonyl (C=O) groups is 1. The molecule has 0 saturated carbocycles. The Labute approximate surface area is 81.0 Å². The predicted molar refractivity (Wildman–Crippen MR) is 54.9 cm³/mol. The summed E-state index contributed by atoms with van der Waals surface area (Å²) in [6, 6.07) is 0.726. The SMILES string of the molecule is C=CCCO[Si](C)(CCC=O)OC. The predicted octanol–water partition coefficient (Wildman–Crippen LogP) is 1.89. The van der Waals surface area contributed by atoms with Gasteiger partial charge in [0.1, 0.15) is 6.29 Å². The van der Waals surface area contributed by atoms with Crippen molar-refractivity contribution in [3.8, 4) is 0 Å². The van der Waals surface area contributed by atoms with E-state index in [-0.39, 0.29) is 0 Å². The van der Waals surface area contributed by atoms with Gasteiger partial charge in [-0.2, -0.15) is 0 Å². The molecule has 0 aliphatic rings. The zero-order chi connectivity index (χ0) is 10.2. The molecule has 1 atom stereocenters. The third-order valence-electron chi connectivity index (χ3n) is 1.88. The van der Waals surface area contributed by atoms with E-state index < -0.39 is 8.56 Å². The molecular weight excluding hydrogens is 184 g/mol. The molecule has 0 aliphatic carbocycles. The maximum absolute atomic E-state index is 10.2. The minimum Gasteiger partial charge on any atom is -0.398 e. The summed E-state index contributed by atoms with van der Waals surface area (Å²) in [5, 5.41) is 0. The van der Waals surface area contributed by atoms with Crippen molar-refractivity contribution in [2.24, 2.45) is 0 Å². The number of hydrogen-bond donors (Lipinski definition) is 0. The minimum atomic E-state index is -2.06. The van der Waals surface area contributed by atoms with Gasteiger partial charge >= 0.3 is 8.56 Å². The second kappa shape index (κ2) is 7.00. The smallest absolute Gasteiger partial charge is 0.335 e. The molecule has 76 valence electrons. The lowest BCUT2D eigenvalue weighted by Crippen LogP contribution is -2.37. The van der Waals surface area contributed by atoms with Crippen LogP contribution in [0.3, 0.4) is 0 Å². The van der Waals surface area contributed by atoms with Gasteiger partial charge in [-0.05, 0) is 19.0 Å². The Balaban J connectivity index is 3.79. The molecule has 0 aliphatic heterocycles. The molecule has 0 bridgehead atoms. The van der Waals surface area contributed by atoms with Crippen molar-refractivity contribution in [2.75, 3.05) is 13.7 Å². The van der Waals surface area contributed by atoms with Gasteiger partial charge in [0, 0.05) is 20.1 Å². The van der Waals surface area contributed by atoms with Crippen LogP contribution < -0.4 is 0 Å². The molecule has 0 aromatic carbocycles. The third kappa shape index (κ3) is 5.73. The van der Waals surface area contributed by atoms with E-state index in [1.54, 1.807) is 7.11 Å². The van der Waals surface area contributed by atoms with E-state index in [0.29, 0.717) is 13.0 Å². The van der Waals surface area contributed by atoms with Gasteiger partial charge in [-0.25, -0.2) is 0 Å². The Bertz CT molecular complexity index is 161. The maximum atomic E-state index is 10.2. The summed E-state index contributed by atoms with van der Waals surface area (Å²) in [7, 11) is -0.417. The lowest BCUT2D eigenvalue weighted by molar-refractivity contribution is -0.107. The Morgan fingerprint density at radius 2 is 2.15 bits per heavy atom. The molecule has 0 fully saturated rings. The summed E-state index contributed by atoms with van der Waals surface area (Å²) in [5.74, 6) is 0. The fraction of sp³-hybridized carbons (Fsp3) is 0.667. The van der Waals surface area contributed by atoms with Crippen LogP contribution in [0.5, 0.6) is 0 Å². The molecule has 0 N–H and O–H groups in total. The van der Waals surface area contributed by atoms with Crippen LogP contribution in [0, 0.1) is 0 Å². The molecule has 1 unspecified atom stereocenters. The fourth-order valence-corrected chi connectivity index (χ4v) is 2.57. The molecule has 0 heterocycles. The summed E-state index contributed by atoms with van der Waals surface area (Å²) >= 11 is 0. The van der Waals surface area contributed by atoms with E-state index in [1.807, 2.05) is 12.6 Å². The number of hydrogen-bond acceptors (Lipinski definition) is 3. The first kappa shape index (κ1) is 12.5. The van der Waals surface area contributed by atoms with Crippen molar-refractivity contribution < 1.29 is 13.6 Å². The Hall–Kier alpha value is -0.453. The van der Waals surface area contributed by atoms with Gasteiger partial charge in [-0.3, -0.25) is 0 Å². The van der Waals surface area contributed by atoms with Crippen LogP contribution in [-0.4, -0.2) is 28.6 Å². The highest BCUT2D eigenvalue weighted by Gasteiger charge is 2.28. The fourth-order valence-electron chi connectivity index (χ4n) is 0.912. The van der Waals surface area contributed by atoms with Gasteiger partial charge in [0.25, 0.3) is 0 Å². The minimum absolute atomic E-state index is 0.519. The quantitative estimate of drug-likeness (QED) is 0.261. The number of aldehydes is 1. The van der Waals surface area contributed by atoms with Crippen molar-refractivity contribution in [1.82, 2.24) is 0 Å². The third-order valence-corrected chi connectivity index (χ3v) is 4.75. The van der Waals surface area contributed by atoms with Crippen molar-refractivity contribution >= 4 is 14.8 Å². The zero-order valence-corrected chi connectivity index (χ0v) is 9.41. The lowest BCUT2D eigenvalue weighted by Gasteiger charge is -2.23. The second-order valence-corrected chi connectivity index (χ2v) is 6.43. The van der Waals surface area contributed by atoms with E-state index in [0.717, 1.165) is 18.8 Å². The molecule has 0 aromatic rings. The van der Waals surface area contributed by atoms with Gasteiger partial charge < -0.3 is 13.6 Å². The van der Waals surface area contributed by atoms with Crippen LogP contribution in [-0.2, 0) is 13.6 Å². The first-order chi connectivity index (χ1) is 6.18. The normalized spacial score (nSPS) is 14.9. The van der Waals surface area contributed by atoms with Crippen LogP contribution in [0.4, 0.5) is 0 Å². The Kier molecular flexibility index (Phi) is 6.76. The van der Waals surface area contributed by atoms with Crippen molar-refractivity contribution in [1.29, 1.82) is 0 Å².